The van der Waals surface area contributed by atoms with E-state index in [1.54, 1.807) is 0 Å². The molecule has 2 atom stereocenters. The number of aromatic nitrogens is 2. The third-order valence-electron chi connectivity index (χ3n) is 7.35. The van der Waals surface area contributed by atoms with E-state index in [0.29, 0.717) is 11.2 Å². The fourth-order valence-corrected chi connectivity index (χ4v) is 6.21. The molecule has 1 aromatic carbocycles. The Hall–Kier alpha value is -3.19. The first kappa shape index (κ1) is 23.5. The second-order valence-corrected chi connectivity index (χ2v) is 10.1. The summed E-state index contributed by atoms with van der Waals surface area (Å²) in [4.78, 5) is 18.4. The highest BCUT2D eigenvalue weighted by molar-refractivity contribution is 7.80. The number of carbonyl (C=O) groups is 1. The predicted molar refractivity (Wildman–Crippen MR) is 145 cm³/mol. The van der Waals surface area contributed by atoms with Gasteiger partial charge in [0.15, 0.2) is 5.11 Å². The van der Waals surface area contributed by atoms with Gasteiger partial charge in [-0.15, -0.1) is 0 Å². The third kappa shape index (κ3) is 4.57. The van der Waals surface area contributed by atoms with Gasteiger partial charge in [0.05, 0.1) is 17.8 Å². The zero-order chi connectivity index (χ0) is 24.5. The van der Waals surface area contributed by atoms with E-state index >= 15 is 0 Å². The molecule has 0 unspecified atom stereocenters. The van der Waals surface area contributed by atoms with E-state index in [0.717, 1.165) is 17.1 Å². The van der Waals surface area contributed by atoms with Gasteiger partial charge in [0, 0.05) is 41.9 Å². The van der Waals surface area contributed by atoms with Crippen LogP contribution in [0.15, 0.2) is 54.7 Å². The zero-order valence-electron chi connectivity index (χ0n) is 20.6. The molecule has 6 nitrogen and oxygen atoms in total. The first-order valence-corrected chi connectivity index (χ1v) is 12.9. The highest BCUT2D eigenvalue weighted by Gasteiger charge is 2.42. The maximum atomic E-state index is 11.5. The van der Waals surface area contributed by atoms with E-state index in [1.807, 2.05) is 42.6 Å². The fraction of sp³-hybridized carbons (Fsp3) is 0.393. The number of carbonyl (C=O) groups excluding carboxylic acids is 1. The van der Waals surface area contributed by atoms with Gasteiger partial charge < -0.3 is 20.1 Å². The van der Waals surface area contributed by atoms with Crippen LogP contribution in [0, 0.1) is 13.8 Å². The van der Waals surface area contributed by atoms with E-state index in [1.165, 1.54) is 56.0 Å². The number of hydrogen-bond donors (Lipinski definition) is 2. The van der Waals surface area contributed by atoms with Gasteiger partial charge in [-0.25, -0.2) is 0 Å². The van der Waals surface area contributed by atoms with Crippen molar-refractivity contribution in [3.63, 3.8) is 0 Å². The van der Waals surface area contributed by atoms with Crippen LogP contribution < -0.4 is 15.5 Å². The maximum Gasteiger partial charge on any atom is 0.221 e. The van der Waals surface area contributed by atoms with Gasteiger partial charge in [0.25, 0.3) is 0 Å². The lowest BCUT2D eigenvalue weighted by Gasteiger charge is -2.30. The molecule has 1 saturated heterocycles. The Bertz CT molecular complexity index is 1210. The minimum absolute atomic E-state index is 0.0347. The van der Waals surface area contributed by atoms with Crippen molar-refractivity contribution in [1.29, 1.82) is 0 Å². The Labute approximate surface area is 212 Å². The van der Waals surface area contributed by atoms with Gasteiger partial charge in [0.2, 0.25) is 5.91 Å². The predicted octanol–water partition coefficient (Wildman–Crippen LogP) is 6.14. The van der Waals surface area contributed by atoms with Gasteiger partial charge in [0.1, 0.15) is 0 Å². The molecule has 1 aliphatic heterocycles. The van der Waals surface area contributed by atoms with Crippen LogP contribution in [-0.4, -0.2) is 20.6 Å². The topological polar surface area (TPSA) is 62.2 Å². The molecule has 1 aliphatic carbocycles. The van der Waals surface area contributed by atoms with E-state index in [2.05, 4.69) is 46.1 Å². The summed E-state index contributed by atoms with van der Waals surface area (Å²) in [6, 6.07) is 16.7. The number of nitrogens with zero attached hydrogens (tertiary/aromatic N) is 3. The first-order chi connectivity index (χ1) is 16.9. The maximum absolute atomic E-state index is 11.5. The molecule has 2 fully saturated rings. The molecule has 0 radical (unpaired) electrons. The lowest BCUT2D eigenvalue weighted by atomic mass is 9.94. The van der Waals surface area contributed by atoms with Crippen LogP contribution in [0.25, 0.3) is 0 Å². The van der Waals surface area contributed by atoms with Crippen molar-refractivity contribution < 1.29 is 4.79 Å². The van der Waals surface area contributed by atoms with Crippen LogP contribution in [0.1, 0.15) is 79.8 Å². The molecule has 0 spiro atoms. The number of aryl methyl sites for hydroxylation is 1. The van der Waals surface area contributed by atoms with E-state index in [-0.39, 0.29) is 18.0 Å². The highest BCUT2D eigenvalue weighted by Crippen LogP contribution is 2.44. The van der Waals surface area contributed by atoms with Crippen molar-refractivity contribution >= 4 is 34.6 Å². The average molecular weight is 488 g/mol. The third-order valence-corrected chi connectivity index (χ3v) is 7.66. The molecular formula is C28H33N5OS. The second-order valence-electron chi connectivity index (χ2n) is 9.71. The molecule has 2 aromatic heterocycles. The number of pyridine rings is 1. The summed E-state index contributed by atoms with van der Waals surface area (Å²) >= 11 is 5.90. The summed E-state index contributed by atoms with van der Waals surface area (Å²) in [5.74, 6) is -0.0839. The summed E-state index contributed by atoms with van der Waals surface area (Å²) in [7, 11) is 0. The highest BCUT2D eigenvalue weighted by atomic mass is 32.1. The number of nitrogens with one attached hydrogen (secondary N) is 2. The number of anilines is 2. The van der Waals surface area contributed by atoms with Crippen LogP contribution in [0.5, 0.6) is 0 Å². The summed E-state index contributed by atoms with van der Waals surface area (Å²) in [6.07, 6.45) is 8.27. The second kappa shape index (κ2) is 9.82. The minimum Gasteiger partial charge on any atom is -0.351 e. The van der Waals surface area contributed by atoms with Crippen molar-refractivity contribution in [3.8, 4) is 0 Å². The Balaban J connectivity index is 1.58. The Kier molecular flexibility index (Phi) is 6.60. The molecule has 1 amide bonds. The van der Waals surface area contributed by atoms with Gasteiger partial charge in [-0.05, 0) is 86.9 Å². The van der Waals surface area contributed by atoms with Crippen molar-refractivity contribution in [2.45, 2.75) is 71.0 Å². The van der Waals surface area contributed by atoms with Crippen LogP contribution in [0.4, 0.5) is 11.4 Å². The summed E-state index contributed by atoms with van der Waals surface area (Å²) < 4.78 is 2.56. The average Bonchev–Trinajstić information content (AvgIpc) is 3.35. The van der Waals surface area contributed by atoms with Gasteiger partial charge in [-0.1, -0.05) is 25.3 Å². The summed E-state index contributed by atoms with van der Waals surface area (Å²) in [5, 5.41) is 7.09. The summed E-state index contributed by atoms with van der Waals surface area (Å²) in [6.45, 7) is 6.00. The van der Waals surface area contributed by atoms with Crippen molar-refractivity contribution in [2.24, 2.45) is 0 Å². The van der Waals surface area contributed by atoms with E-state index in [9.17, 15) is 4.79 Å². The minimum atomic E-state index is -0.0839. The number of thiocarbonyl (C=S) groups is 1. The van der Waals surface area contributed by atoms with Gasteiger partial charge in [-0.3, -0.25) is 9.78 Å². The molecular weight excluding hydrogens is 454 g/mol. The SMILES string of the molecule is CC(=O)Nc1ccc(N2C(=S)N[C@H](c3ccccn3)[C@@H]2c2cc(C)n(C3CCCCC3)c2C)cc1. The molecule has 7 heteroatoms. The first-order valence-electron chi connectivity index (χ1n) is 12.5. The standard InChI is InChI=1S/C28H33N5OS/c1-18-17-24(19(2)32(18)22-9-5-4-6-10-22)27-26(25-11-7-8-16-29-25)31-28(35)33(27)23-14-12-21(13-15-23)30-20(3)34/h7-8,11-17,22,26-27H,4-6,9-10H2,1-3H3,(H,30,34)(H,31,35)/t26-,27+/m1/s1. The molecule has 3 heterocycles. The lowest BCUT2D eigenvalue weighted by Crippen LogP contribution is -2.29. The van der Waals surface area contributed by atoms with Crippen LogP contribution in [0.3, 0.4) is 0 Å². The van der Waals surface area contributed by atoms with Crippen molar-refractivity contribution in [1.82, 2.24) is 14.9 Å². The zero-order valence-corrected chi connectivity index (χ0v) is 21.4. The van der Waals surface area contributed by atoms with Crippen molar-refractivity contribution in [3.05, 3.63) is 77.4 Å². The Morgan fingerprint density at radius 3 is 2.49 bits per heavy atom. The Morgan fingerprint density at radius 1 is 1.09 bits per heavy atom. The number of hydrogen-bond acceptors (Lipinski definition) is 3. The molecule has 2 aliphatic rings. The van der Waals surface area contributed by atoms with Crippen LogP contribution >= 0.6 is 12.2 Å². The Morgan fingerprint density at radius 2 is 1.83 bits per heavy atom. The monoisotopic (exact) mass is 487 g/mol. The molecule has 3 aromatic rings. The lowest BCUT2D eigenvalue weighted by molar-refractivity contribution is -0.114. The smallest absolute Gasteiger partial charge is 0.221 e. The van der Waals surface area contributed by atoms with Crippen molar-refractivity contribution in [2.75, 3.05) is 10.2 Å². The molecule has 35 heavy (non-hydrogen) atoms. The van der Waals surface area contributed by atoms with Crippen LogP contribution in [-0.2, 0) is 4.79 Å². The molecule has 0 bridgehead atoms. The normalized spacial score (nSPS) is 20.7. The van der Waals surface area contributed by atoms with E-state index < -0.39 is 0 Å². The van der Waals surface area contributed by atoms with Crippen LogP contribution in [0.2, 0.25) is 0 Å². The number of rotatable bonds is 5. The fourth-order valence-electron chi connectivity index (χ4n) is 5.86. The molecule has 182 valence electrons. The number of amides is 1. The molecule has 1 saturated carbocycles. The number of benzene rings is 1. The largest absolute Gasteiger partial charge is 0.351 e. The van der Waals surface area contributed by atoms with Gasteiger partial charge in [-0.2, -0.15) is 0 Å². The molecule has 2 N–H and O–H groups in total. The molecule has 5 rings (SSSR count). The quantitative estimate of drug-likeness (QED) is 0.423. The van der Waals surface area contributed by atoms with Gasteiger partial charge >= 0.3 is 0 Å². The van der Waals surface area contributed by atoms with E-state index in [4.69, 9.17) is 17.2 Å². The summed E-state index contributed by atoms with van der Waals surface area (Å²) in [5.41, 5.74) is 6.63.